The number of carbonyl (C=O) groups excluding carboxylic acids is 1. The number of aliphatic hydroxyl groups is 1. The first-order chi connectivity index (χ1) is 13.8. The molecule has 4 aliphatic rings. The minimum atomic E-state index is 0.390. The molecule has 4 aliphatic carbocycles. The molecule has 8 atom stereocenters. The Labute approximate surface area is 179 Å². The maximum absolute atomic E-state index is 12.1. The standard InChI is InChI=1S/C27H46O2/c1-18(2)6-5-7-19(17-28)23-10-11-24-22-9-8-20-16-21(29)12-14-26(20,3)25(22)13-15-27(23,24)4/h18-20,22-25,28H,5-17H2,1-4H3/t19-,20?,22-,23+,24-,25-,26-,27+/m0/s1. The largest absolute Gasteiger partial charge is 0.396 e. The molecule has 1 unspecified atom stereocenters. The predicted octanol–water partition coefficient (Wildman–Crippen LogP) is 6.65. The van der Waals surface area contributed by atoms with Crippen LogP contribution in [0.25, 0.3) is 0 Å². The van der Waals surface area contributed by atoms with E-state index in [2.05, 4.69) is 27.7 Å². The molecule has 0 spiro atoms. The van der Waals surface area contributed by atoms with E-state index in [4.69, 9.17) is 0 Å². The van der Waals surface area contributed by atoms with Gasteiger partial charge in [0.25, 0.3) is 0 Å². The summed E-state index contributed by atoms with van der Waals surface area (Å²) in [5.41, 5.74) is 0.865. The van der Waals surface area contributed by atoms with Crippen molar-refractivity contribution in [1.82, 2.24) is 0 Å². The van der Waals surface area contributed by atoms with Crippen molar-refractivity contribution in [1.29, 1.82) is 0 Å². The zero-order valence-electron chi connectivity index (χ0n) is 19.6. The van der Waals surface area contributed by atoms with E-state index < -0.39 is 0 Å². The van der Waals surface area contributed by atoms with Gasteiger partial charge in [-0.3, -0.25) is 4.79 Å². The molecular formula is C27H46O2. The van der Waals surface area contributed by atoms with Gasteiger partial charge in [-0.1, -0.05) is 40.5 Å². The lowest BCUT2D eigenvalue weighted by Crippen LogP contribution is -2.54. The van der Waals surface area contributed by atoms with E-state index in [9.17, 15) is 9.90 Å². The molecule has 0 radical (unpaired) electrons. The lowest BCUT2D eigenvalue weighted by Gasteiger charge is -2.60. The minimum absolute atomic E-state index is 0.390. The van der Waals surface area contributed by atoms with E-state index in [1.54, 1.807) is 0 Å². The first-order valence-electron chi connectivity index (χ1n) is 12.9. The van der Waals surface area contributed by atoms with Gasteiger partial charge in [0.05, 0.1) is 0 Å². The summed E-state index contributed by atoms with van der Waals surface area (Å²) >= 11 is 0. The molecule has 166 valence electrons. The summed E-state index contributed by atoms with van der Waals surface area (Å²) in [6.07, 6.45) is 14.8. The van der Waals surface area contributed by atoms with Crippen molar-refractivity contribution < 1.29 is 9.90 Å². The normalized spacial score (nSPS) is 45.6. The average Bonchev–Trinajstić information content (AvgIpc) is 3.03. The van der Waals surface area contributed by atoms with E-state index in [0.29, 0.717) is 35.1 Å². The monoisotopic (exact) mass is 402 g/mol. The van der Waals surface area contributed by atoms with Crippen LogP contribution >= 0.6 is 0 Å². The highest BCUT2D eigenvalue weighted by molar-refractivity contribution is 5.79. The Morgan fingerprint density at radius 1 is 0.966 bits per heavy atom. The lowest BCUT2D eigenvalue weighted by molar-refractivity contribution is -0.140. The third-order valence-electron chi connectivity index (χ3n) is 10.7. The van der Waals surface area contributed by atoms with Crippen LogP contribution < -0.4 is 0 Å². The van der Waals surface area contributed by atoms with Crippen molar-refractivity contribution in [3.05, 3.63) is 0 Å². The summed E-state index contributed by atoms with van der Waals surface area (Å²) in [6.45, 7) is 10.2. The first-order valence-corrected chi connectivity index (χ1v) is 12.9. The molecule has 0 aromatic heterocycles. The Morgan fingerprint density at radius 3 is 2.45 bits per heavy atom. The van der Waals surface area contributed by atoms with Gasteiger partial charge in [-0.15, -0.1) is 0 Å². The molecule has 0 bridgehead atoms. The van der Waals surface area contributed by atoms with Gasteiger partial charge in [-0.2, -0.15) is 0 Å². The first kappa shape index (κ1) is 21.8. The number of hydrogen-bond acceptors (Lipinski definition) is 2. The second-order valence-electron chi connectivity index (χ2n) is 12.4. The highest BCUT2D eigenvalue weighted by atomic mass is 16.3. The zero-order chi connectivity index (χ0) is 20.8. The van der Waals surface area contributed by atoms with Gasteiger partial charge < -0.3 is 5.11 Å². The molecule has 0 aliphatic heterocycles. The topological polar surface area (TPSA) is 37.3 Å². The Balaban J connectivity index is 1.49. The Bertz CT molecular complexity index is 597. The SMILES string of the molecule is CC(C)CCC[C@@H](CO)[C@H]1CC[C@H]2[C@@H]3CCC4CC(=O)CC[C@]4(C)[C@H]3CC[C@]12C. The van der Waals surface area contributed by atoms with E-state index in [1.165, 1.54) is 57.8 Å². The number of rotatable bonds is 6. The van der Waals surface area contributed by atoms with Gasteiger partial charge >= 0.3 is 0 Å². The molecule has 0 aromatic rings. The minimum Gasteiger partial charge on any atom is -0.396 e. The number of Topliss-reactive ketones (excluding diaryl/α,β-unsaturated/α-hetero) is 1. The van der Waals surface area contributed by atoms with Crippen LogP contribution in [-0.2, 0) is 4.79 Å². The van der Waals surface area contributed by atoms with Crippen molar-refractivity contribution in [3.63, 3.8) is 0 Å². The van der Waals surface area contributed by atoms with E-state index in [-0.39, 0.29) is 0 Å². The van der Waals surface area contributed by atoms with Crippen molar-refractivity contribution in [3.8, 4) is 0 Å². The Hall–Kier alpha value is -0.370. The fourth-order valence-electron chi connectivity index (χ4n) is 9.07. The maximum atomic E-state index is 12.1. The van der Waals surface area contributed by atoms with Crippen molar-refractivity contribution in [2.75, 3.05) is 6.61 Å². The Kier molecular flexibility index (Phi) is 6.24. The maximum Gasteiger partial charge on any atom is 0.133 e. The van der Waals surface area contributed by atoms with Crippen LogP contribution in [0.5, 0.6) is 0 Å². The van der Waals surface area contributed by atoms with Crippen LogP contribution in [0.15, 0.2) is 0 Å². The predicted molar refractivity (Wildman–Crippen MR) is 119 cm³/mol. The summed E-state index contributed by atoms with van der Waals surface area (Å²) in [5, 5.41) is 10.3. The number of ketones is 1. The van der Waals surface area contributed by atoms with E-state index >= 15 is 0 Å². The molecule has 1 N–H and O–H groups in total. The smallest absolute Gasteiger partial charge is 0.133 e. The summed E-state index contributed by atoms with van der Waals surface area (Å²) in [4.78, 5) is 12.1. The third-order valence-corrected chi connectivity index (χ3v) is 10.7. The summed E-state index contributed by atoms with van der Waals surface area (Å²) in [7, 11) is 0. The van der Waals surface area contributed by atoms with Gasteiger partial charge in [0, 0.05) is 19.4 Å². The van der Waals surface area contributed by atoms with Crippen LogP contribution in [0.3, 0.4) is 0 Å². The lowest BCUT2D eigenvalue weighted by atomic mass is 9.44. The van der Waals surface area contributed by atoms with Crippen LogP contribution in [0.2, 0.25) is 0 Å². The molecule has 4 fully saturated rings. The fourth-order valence-corrected chi connectivity index (χ4v) is 9.07. The Morgan fingerprint density at radius 2 is 1.72 bits per heavy atom. The fraction of sp³-hybridized carbons (Fsp3) is 0.963. The van der Waals surface area contributed by atoms with E-state index in [0.717, 1.165) is 48.9 Å². The number of fused-ring (bicyclic) bond motifs is 5. The zero-order valence-corrected chi connectivity index (χ0v) is 19.6. The number of aliphatic hydroxyl groups excluding tert-OH is 1. The van der Waals surface area contributed by atoms with Crippen molar-refractivity contribution in [2.24, 2.45) is 52.3 Å². The number of hydrogen-bond donors (Lipinski definition) is 1. The van der Waals surface area contributed by atoms with Gasteiger partial charge in [0.15, 0.2) is 0 Å². The summed E-state index contributed by atoms with van der Waals surface area (Å²) < 4.78 is 0. The molecule has 2 heteroatoms. The summed E-state index contributed by atoms with van der Waals surface area (Å²) in [5.74, 6) is 5.79. The molecular weight excluding hydrogens is 356 g/mol. The molecule has 4 rings (SSSR count). The van der Waals surface area contributed by atoms with E-state index in [1.807, 2.05) is 0 Å². The molecule has 0 saturated heterocycles. The molecule has 29 heavy (non-hydrogen) atoms. The van der Waals surface area contributed by atoms with Crippen molar-refractivity contribution >= 4 is 5.78 Å². The van der Waals surface area contributed by atoms with Crippen molar-refractivity contribution in [2.45, 2.75) is 105 Å². The quantitative estimate of drug-likeness (QED) is 0.540. The van der Waals surface area contributed by atoms with Gasteiger partial charge in [-0.05, 0) is 104 Å². The van der Waals surface area contributed by atoms with Crippen LogP contribution in [0, 0.1) is 52.3 Å². The molecule has 4 saturated carbocycles. The third kappa shape index (κ3) is 3.74. The highest BCUT2D eigenvalue weighted by Gasteiger charge is 2.60. The second kappa shape index (κ2) is 8.29. The van der Waals surface area contributed by atoms with Gasteiger partial charge in [0.2, 0.25) is 0 Å². The van der Waals surface area contributed by atoms with Crippen LogP contribution in [0.4, 0.5) is 0 Å². The van der Waals surface area contributed by atoms with Crippen LogP contribution in [-0.4, -0.2) is 17.5 Å². The second-order valence-corrected chi connectivity index (χ2v) is 12.4. The molecule has 2 nitrogen and oxygen atoms in total. The van der Waals surface area contributed by atoms with Gasteiger partial charge in [-0.25, -0.2) is 0 Å². The van der Waals surface area contributed by atoms with Crippen LogP contribution in [0.1, 0.15) is 105 Å². The molecule has 0 amide bonds. The average molecular weight is 403 g/mol. The molecule has 0 aromatic carbocycles. The highest BCUT2D eigenvalue weighted by Crippen LogP contribution is 2.68. The van der Waals surface area contributed by atoms with Gasteiger partial charge in [0.1, 0.15) is 5.78 Å². The number of carbonyl (C=O) groups is 1. The molecule has 0 heterocycles. The summed E-state index contributed by atoms with van der Waals surface area (Å²) in [6, 6.07) is 0.